The first-order valence-electron chi connectivity index (χ1n) is 5.95. The minimum atomic E-state index is -1.64. The lowest BCUT2D eigenvalue weighted by Gasteiger charge is -2.09. The van der Waals surface area contributed by atoms with Crippen molar-refractivity contribution in [3.8, 4) is 0 Å². The number of ether oxygens (including phenoxy) is 1. The molecule has 2 rings (SSSR count). The zero-order valence-corrected chi connectivity index (χ0v) is 12.5. The van der Waals surface area contributed by atoms with Gasteiger partial charge in [-0.15, -0.1) is 0 Å². The van der Waals surface area contributed by atoms with Crippen LogP contribution in [-0.2, 0) is 24.8 Å². The Bertz CT molecular complexity index is 583. The van der Waals surface area contributed by atoms with E-state index in [1.54, 1.807) is 38.1 Å². The second-order valence-electron chi connectivity index (χ2n) is 4.50. The predicted octanol–water partition coefficient (Wildman–Crippen LogP) is 2.20. The first kappa shape index (κ1) is 14.9. The van der Waals surface area contributed by atoms with Gasteiger partial charge in [-0.1, -0.05) is 23.7 Å². The fourth-order valence-electron chi connectivity index (χ4n) is 1.59. The van der Waals surface area contributed by atoms with E-state index in [-0.39, 0.29) is 16.9 Å². The first-order valence-corrected chi connectivity index (χ1v) is 7.46. The van der Waals surface area contributed by atoms with E-state index in [0.717, 1.165) is 0 Å². The third kappa shape index (κ3) is 2.96. The molecular weight excluding hydrogens is 302 g/mol. The lowest BCUT2D eigenvalue weighted by molar-refractivity contribution is -0.123. The summed E-state index contributed by atoms with van der Waals surface area (Å²) >= 11 is 4.15. The van der Waals surface area contributed by atoms with E-state index in [9.17, 15) is 9.00 Å². The number of carbonyl (C=O) groups is 1. The minimum Gasteiger partial charge on any atom is -0.460 e. The van der Waals surface area contributed by atoms with E-state index in [1.165, 1.54) is 0 Å². The van der Waals surface area contributed by atoms with Crippen LogP contribution in [0.1, 0.15) is 25.5 Å². The van der Waals surface area contributed by atoms with Gasteiger partial charge < -0.3 is 14.7 Å². The molecule has 2 atom stereocenters. The maximum atomic E-state index is 12.2. The Hall–Kier alpha value is -1.53. The Morgan fingerprint density at radius 1 is 1.35 bits per heavy atom. The normalized spacial score (nSPS) is 20.2. The van der Waals surface area contributed by atoms with Gasteiger partial charge in [0.1, 0.15) is 0 Å². The topological polar surface area (TPSA) is 78.6 Å². The molecule has 0 saturated carbocycles. The number of hydrogen-bond donors (Lipinski definition) is 1. The molecule has 2 N–H and O–H groups in total. The van der Waals surface area contributed by atoms with Gasteiger partial charge in [-0.2, -0.15) is 0 Å². The van der Waals surface area contributed by atoms with Crippen LogP contribution in [0.3, 0.4) is 0 Å². The molecule has 0 amide bonds. The van der Waals surface area contributed by atoms with Crippen LogP contribution < -0.4 is 5.73 Å². The van der Waals surface area contributed by atoms with Gasteiger partial charge in [0.15, 0.2) is 6.10 Å². The van der Waals surface area contributed by atoms with Gasteiger partial charge in [-0.25, -0.2) is 4.21 Å². The molecule has 1 aromatic rings. The van der Waals surface area contributed by atoms with Crippen molar-refractivity contribution in [2.24, 2.45) is 5.73 Å². The van der Waals surface area contributed by atoms with Gasteiger partial charge in [-0.3, -0.25) is 4.79 Å². The van der Waals surface area contributed by atoms with Crippen LogP contribution in [0.4, 0.5) is 0 Å². The number of benzene rings is 1. The van der Waals surface area contributed by atoms with E-state index < -0.39 is 23.0 Å². The smallest absolute Gasteiger partial charge is 0.249 e. The maximum Gasteiger partial charge on any atom is 0.249 e. The van der Waals surface area contributed by atoms with Crippen LogP contribution >= 0.6 is 11.6 Å². The van der Waals surface area contributed by atoms with Crippen LogP contribution in [0, 0.1) is 0 Å². The summed E-state index contributed by atoms with van der Waals surface area (Å²) in [4.78, 5) is 12.2. The van der Waals surface area contributed by atoms with Gasteiger partial charge in [-0.05, 0) is 26.0 Å². The van der Waals surface area contributed by atoms with Crippen molar-refractivity contribution in [1.82, 2.24) is 0 Å². The zero-order chi connectivity index (χ0) is 14.9. The number of nitrogens with two attached hydrogens (primary N) is 1. The Morgan fingerprint density at radius 2 is 1.95 bits per heavy atom. The summed E-state index contributed by atoms with van der Waals surface area (Å²) in [7, 11) is 0. The van der Waals surface area contributed by atoms with Crippen LogP contribution in [0.5, 0.6) is 0 Å². The Labute approximate surface area is 124 Å². The standard InChI is InChI=1S/C13H14ClNO4S/c1-7(2)20(17)19-12-10(16)11(18-13(12)15)8-3-5-9(14)6-4-8/h3-7,11H,15H2,1-2H3. The van der Waals surface area contributed by atoms with Gasteiger partial charge in [0, 0.05) is 10.6 Å². The molecule has 0 bridgehead atoms. The highest BCUT2D eigenvalue weighted by atomic mass is 35.5. The molecule has 0 aromatic heterocycles. The fourth-order valence-corrected chi connectivity index (χ4v) is 2.24. The molecule has 0 radical (unpaired) electrons. The third-order valence-corrected chi connectivity index (χ3v) is 4.01. The third-order valence-electron chi connectivity index (χ3n) is 2.65. The van der Waals surface area contributed by atoms with E-state index in [0.29, 0.717) is 10.6 Å². The second kappa shape index (κ2) is 5.85. The number of hydrogen-bond acceptors (Lipinski definition) is 5. The number of halogens is 1. The van der Waals surface area contributed by atoms with Crippen LogP contribution in [-0.4, -0.2) is 15.2 Å². The Balaban J connectivity index is 2.18. The van der Waals surface area contributed by atoms with Crippen molar-refractivity contribution in [2.75, 3.05) is 0 Å². The van der Waals surface area contributed by atoms with Crippen molar-refractivity contribution in [3.63, 3.8) is 0 Å². The molecule has 5 nitrogen and oxygen atoms in total. The number of ketones is 1. The summed E-state index contributed by atoms with van der Waals surface area (Å²) in [5.74, 6) is -0.778. The number of carbonyl (C=O) groups excluding carboxylic acids is 1. The summed E-state index contributed by atoms with van der Waals surface area (Å²) in [6.07, 6.45) is -0.883. The molecular formula is C13H14ClNO4S. The summed E-state index contributed by atoms with van der Waals surface area (Å²) < 4.78 is 22.0. The molecule has 1 aromatic carbocycles. The predicted molar refractivity (Wildman–Crippen MR) is 75.9 cm³/mol. The average molecular weight is 316 g/mol. The molecule has 1 aliphatic rings. The summed E-state index contributed by atoms with van der Waals surface area (Å²) in [5, 5.41) is 0.301. The summed E-state index contributed by atoms with van der Waals surface area (Å²) in [5.41, 5.74) is 6.23. The van der Waals surface area contributed by atoms with Crippen molar-refractivity contribution < 1.29 is 17.9 Å². The lowest BCUT2D eigenvalue weighted by atomic mass is 10.1. The minimum absolute atomic E-state index is 0.149. The second-order valence-corrected chi connectivity index (χ2v) is 6.57. The van der Waals surface area contributed by atoms with Crippen molar-refractivity contribution in [2.45, 2.75) is 25.2 Å². The number of Topliss-reactive ketones (excluding diaryl/α,β-unsaturated/α-hetero) is 1. The summed E-state index contributed by atoms with van der Waals surface area (Å²) in [6.45, 7) is 3.42. The SMILES string of the molecule is CC(C)S(=O)OC1=C(N)OC(c2ccc(Cl)cc2)C1=O. The molecule has 7 heteroatoms. The van der Waals surface area contributed by atoms with Gasteiger partial charge in [0.2, 0.25) is 28.5 Å². The fraction of sp³-hybridized carbons (Fsp3) is 0.308. The quantitative estimate of drug-likeness (QED) is 0.921. The largest absolute Gasteiger partial charge is 0.460 e. The van der Waals surface area contributed by atoms with Crippen molar-refractivity contribution >= 4 is 28.5 Å². The van der Waals surface area contributed by atoms with E-state index >= 15 is 0 Å². The van der Waals surface area contributed by atoms with Gasteiger partial charge >= 0.3 is 0 Å². The number of rotatable bonds is 4. The molecule has 0 fully saturated rings. The van der Waals surface area contributed by atoms with Crippen LogP contribution in [0.15, 0.2) is 35.9 Å². The molecule has 0 saturated heterocycles. The van der Waals surface area contributed by atoms with E-state index in [2.05, 4.69) is 0 Å². The first-order chi connectivity index (χ1) is 9.40. The highest BCUT2D eigenvalue weighted by molar-refractivity contribution is 7.80. The highest BCUT2D eigenvalue weighted by Gasteiger charge is 2.38. The van der Waals surface area contributed by atoms with E-state index in [4.69, 9.17) is 26.3 Å². The molecule has 2 unspecified atom stereocenters. The highest BCUT2D eigenvalue weighted by Crippen LogP contribution is 2.32. The summed E-state index contributed by atoms with van der Waals surface area (Å²) in [6, 6.07) is 6.63. The molecule has 1 heterocycles. The zero-order valence-electron chi connectivity index (χ0n) is 11.0. The maximum absolute atomic E-state index is 12.2. The molecule has 0 spiro atoms. The molecule has 20 heavy (non-hydrogen) atoms. The molecule has 1 aliphatic heterocycles. The average Bonchev–Trinajstić information content (AvgIpc) is 2.67. The Morgan fingerprint density at radius 3 is 2.50 bits per heavy atom. The Kier molecular flexibility index (Phi) is 4.35. The van der Waals surface area contributed by atoms with Crippen molar-refractivity contribution in [1.29, 1.82) is 0 Å². The molecule has 0 aliphatic carbocycles. The van der Waals surface area contributed by atoms with Crippen molar-refractivity contribution in [3.05, 3.63) is 46.5 Å². The monoisotopic (exact) mass is 315 g/mol. The lowest BCUT2D eigenvalue weighted by Crippen LogP contribution is -2.16. The van der Waals surface area contributed by atoms with E-state index in [1.807, 2.05) is 0 Å². The molecule has 108 valence electrons. The van der Waals surface area contributed by atoms with Gasteiger partial charge in [0.25, 0.3) is 0 Å². The van der Waals surface area contributed by atoms with Crippen LogP contribution in [0.2, 0.25) is 5.02 Å². The van der Waals surface area contributed by atoms with Crippen LogP contribution in [0.25, 0.3) is 0 Å². The van der Waals surface area contributed by atoms with Gasteiger partial charge in [0.05, 0.1) is 5.25 Å².